The number of aromatic nitrogens is 2. The predicted octanol–water partition coefficient (Wildman–Crippen LogP) is 6.55. The Bertz CT molecular complexity index is 998. The maximum Gasteiger partial charge on any atom is 0.140 e. The van der Waals surface area contributed by atoms with E-state index < -0.39 is 0 Å². The number of nitrogens with zero attached hydrogens (tertiary/aromatic N) is 3. The third kappa shape index (κ3) is 5.71. The second-order valence-electron chi connectivity index (χ2n) is 8.06. The van der Waals surface area contributed by atoms with Crippen molar-refractivity contribution in [3.8, 4) is 11.4 Å². The Morgan fingerprint density at radius 3 is 1.81 bits per heavy atom. The minimum atomic E-state index is 0.868. The molecule has 0 unspecified atom stereocenters. The highest BCUT2D eigenvalue weighted by Crippen LogP contribution is 2.22. The van der Waals surface area contributed by atoms with Gasteiger partial charge < -0.3 is 4.57 Å². The quantitative estimate of drug-likeness (QED) is 0.296. The maximum atomic E-state index is 4.84. The minimum absolute atomic E-state index is 0.868. The molecule has 0 atom stereocenters. The first kappa shape index (κ1) is 21.1. The van der Waals surface area contributed by atoms with E-state index in [1.165, 1.54) is 28.8 Å². The summed E-state index contributed by atoms with van der Waals surface area (Å²) in [5, 5.41) is 0. The highest BCUT2D eigenvalue weighted by atomic mass is 15.2. The van der Waals surface area contributed by atoms with Gasteiger partial charge in [0.2, 0.25) is 0 Å². The van der Waals surface area contributed by atoms with Crippen molar-refractivity contribution < 1.29 is 0 Å². The molecule has 3 heteroatoms. The van der Waals surface area contributed by atoms with Crippen LogP contribution in [0.25, 0.3) is 11.4 Å². The summed E-state index contributed by atoms with van der Waals surface area (Å²) >= 11 is 0. The standard InChI is InChI=1S/C28H31N3/c1-2-3-19-31-27(20-29-28(31)26-17-11-6-12-18-26)23-30(21-24-13-7-4-8-14-24)22-25-15-9-5-10-16-25/h4-18,20H,2-3,19,21-23H2,1H3. The molecule has 0 spiro atoms. The molecular formula is C28H31N3. The molecule has 0 saturated heterocycles. The fourth-order valence-electron chi connectivity index (χ4n) is 4.00. The first-order valence-electron chi connectivity index (χ1n) is 11.2. The molecule has 3 aromatic carbocycles. The van der Waals surface area contributed by atoms with Crippen LogP contribution in [0.4, 0.5) is 0 Å². The molecule has 31 heavy (non-hydrogen) atoms. The topological polar surface area (TPSA) is 21.1 Å². The zero-order valence-electron chi connectivity index (χ0n) is 18.3. The summed E-state index contributed by atoms with van der Waals surface area (Å²) in [5.74, 6) is 1.07. The summed E-state index contributed by atoms with van der Waals surface area (Å²) < 4.78 is 2.42. The van der Waals surface area contributed by atoms with E-state index >= 15 is 0 Å². The van der Waals surface area contributed by atoms with Crippen molar-refractivity contribution in [3.05, 3.63) is 114 Å². The van der Waals surface area contributed by atoms with Gasteiger partial charge in [-0.15, -0.1) is 0 Å². The van der Waals surface area contributed by atoms with Crippen LogP contribution >= 0.6 is 0 Å². The van der Waals surface area contributed by atoms with Crippen molar-refractivity contribution in [1.82, 2.24) is 14.5 Å². The molecule has 0 amide bonds. The summed E-state index contributed by atoms with van der Waals surface area (Å²) in [4.78, 5) is 7.36. The number of hydrogen-bond acceptors (Lipinski definition) is 2. The second-order valence-corrected chi connectivity index (χ2v) is 8.06. The second kappa shape index (κ2) is 10.7. The van der Waals surface area contributed by atoms with Gasteiger partial charge in [-0.2, -0.15) is 0 Å². The van der Waals surface area contributed by atoms with E-state index in [0.29, 0.717) is 0 Å². The Balaban J connectivity index is 1.62. The lowest BCUT2D eigenvalue weighted by molar-refractivity contribution is 0.241. The Morgan fingerprint density at radius 2 is 1.26 bits per heavy atom. The number of rotatable bonds is 10. The lowest BCUT2D eigenvalue weighted by atomic mass is 10.1. The average Bonchev–Trinajstić information content (AvgIpc) is 3.21. The zero-order valence-corrected chi connectivity index (χ0v) is 18.3. The summed E-state index contributed by atoms with van der Waals surface area (Å²) in [6.45, 7) is 5.94. The number of benzene rings is 3. The number of hydrogen-bond donors (Lipinski definition) is 0. The van der Waals surface area contributed by atoms with Gasteiger partial charge >= 0.3 is 0 Å². The molecule has 3 nitrogen and oxygen atoms in total. The summed E-state index contributed by atoms with van der Waals surface area (Å²) in [5.41, 5.74) is 5.13. The van der Waals surface area contributed by atoms with Gasteiger partial charge in [-0.1, -0.05) is 104 Å². The number of unbranched alkanes of at least 4 members (excludes halogenated alkanes) is 1. The first-order valence-corrected chi connectivity index (χ1v) is 11.2. The summed E-state index contributed by atoms with van der Waals surface area (Å²) in [7, 11) is 0. The lowest BCUT2D eigenvalue weighted by Crippen LogP contribution is -2.24. The van der Waals surface area contributed by atoms with E-state index in [1.807, 2.05) is 0 Å². The van der Waals surface area contributed by atoms with Crippen LogP contribution in [0.2, 0.25) is 0 Å². The average molecular weight is 410 g/mol. The van der Waals surface area contributed by atoms with Crippen LogP contribution in [0.15, 0.2) is 97.2 Å². The Labute approximate surface area is 186 Å². The molecule has 0 radical (unpaired) electrons. The van der Waals surface area contributed by atoms with Gasteiger partial charge in [-0.05, 0) is 17.5 Å². The molecule has 0 aliphatic carbocycles. The van der Waals surface area contributed by atoms with E-state index in [0.717, 1.165) is 38.4 Å². The van der Waals surface area contributed by atoms with Crippen molar-refractivity contribution in [2.75, 3.05) is 0 Å². The van der Waals surface area contributed by atoms with E-state index in [1.54, 1.807) is 0 Å². The fourth-order valence-corrected chi connectivity index (χ4v) is 4.00. The van der Waals surface area contributed by atoms with Crippen molar-refractivity contribution >= 4 is 0 Å². The van der Waals surface area contributed by atoms with Crippen LogP contribution in [0.3, 0.4) is 0 Å². The molecule has 0 bridgehead atoms. The van der Waals surface area contributed by atoms with Gasteiger partial charge in [0, 0.05) is 31.7 Å². The number of imidazole rings is 1. The van der Waals surface area contributed by atoms with Gasteiger partial charge in [0.1, 0.15) is 5.82 Å². The van der Waals surface area contributed by atoms with Crippen molar-refractivity contribution in [2.45, 2.75) is 45.9 Å². The molecule has 0 aliphatic rings. The van der Waals surface area contributed by atoms with E-state index in [-0.39, 0.29) is 0 Å². The Hall–Kier alpha value is -3.17. The van der Waals surface area contributed by atoms with E-state index in [9.17, 15) is 0 Å². The first-order chi connectivity index (χ1) is 15.3. The summed E-state index contributed by atoms with van der Waals surface area (Å²) in [6, 6.07) is 32.0. The molecule has 158 valence electrons. The van der Waals surface area contributed by atoms with Crippen LogP contribution in [0, 0.1) is 0 Å². The largest absolute Gasteiger partial charge is 0.327 e. The molecule has 0 aliphatic heterocycles. The van der Waals surface area contributed by atoms with Crippen LogP contribution in [0.5, 0.6) is 0 Å². The SMILES string of the molecule is CCCCn1c(CN(Cc2ccccc2)Cc2ccccc2)cnc1-c1ccccc1. The van der Waals surface area contributed by atoms with Crippen molar-refractivity contribution in [2.24, 2.45) is 0 Å². The van der Waals surface area contributed by atoms with Crippen molar-refractivity contribution in [1.29, 1.82) is 0 Å². The summed E-state index contributed by atoms with van der Waals surface area (Å²) in [6.07, 6.45) is 4.39. The van der Waals surface area contributed by atoms with Crippen LogP contribution in [-0.2, 0) is 26.2 Å². The van der Waals surface area contributed by atoms with Gasteiger partial charge in [0.05, 0.1) is 11.9 Å². The Morgan fingerprint density at radius 1 is 0.710 bits per heavy atom. The maximum absolute atomic E-state index is 4.84. The van der Waals surface area contributed by atoms with Crippen LogP contribution < -0.4 is 0 Å². The third-order valence-electron chi connectivity index (χ3n) is 5.59. The minimum Gasteiger partial charge on any atom is -0.327 e. The zero-order chi connectivity index (χ0) is 21.3. The van der Waals surface area contributed by atoms with Crippen LogP contribution in [0.1, 0.15) is 36.6 Å². The Kier molecular flexibility index (Phi) is 7.30. The third-order valence-corrected chi connectivity index (χ3v) is 5.59. The molecule has 4 rings (SSSR count). The monoisotopic (exact) mass is 409 g/mol. The van der Waals surface area contributed by atoms with Gasteiger partial charge in [0.25, 0.3) is 0 Å². The predicted molar refractivity (Wildman–Crippen MR) is 128 cm³/mol. The van der Waals surface area contributed by atoms with Crippen molar-refractivity contribution in [3.63, 3.8) is 0 Å². The molecule has 4 aromatic rings. The molecule has 0 saturated carbocycles. The lowest BCUT2D eigenvalue weighted by Gasteiger charge is -2.24. The van der Waals surface area contributed by atoms with E-state index in [2.05, 4.69) is 114 Å². The molecular weight excluding hydrogens is 378 g/mol. The normalized spacial score (nSPS) is 11.2. The van der Waals surface area contributed by atoms with Gasteiger partial charge in [-0.25, -0.2) is 4.98 Å². The van der Waals surface area contributed by atoms with Gasteiger partial charge in [0.15, 0.2) is 0 Å². The molecule has 1 heterocycles. The molecule has 0 fully saturated rings. The highest BCUT2D eigenvalue weighted by Gasteiger charge is 2.15. The molecule has 1 aromatic heterocycles. The highest BCUT2D eigenvalue weighted by molar-refractivity contribution is 5.55. The van der Waals surface area contributed by atoms with Gasteiger partial charge in [-0.3, -0.25) is 4.90 Å². The fraction of sp³-hybridized carbons (Fsp3) is 0.250. The molecule has 0 N–H and O–H groups in total. The van der Waals surface area contributed by atoms with E-state index in [4.69, 9.17) is 4.98 Å². The smallest absolute Gasteiger partial charge is 0.140 e. The van der Waals surface area contributed by atoms with Crippen LogP contribution in [-0.4, -0.2) is 14.5 Å².